The third kappa shape index (κ3) is 4.17. The van der Waals surface area contributed by atoms with E-state index >= 15 is 0 Å². The lowest BCUT2D eigenvalue weighted by molar-refractivity contribution is -0.133. The predicted octanol–water partition coefficient (Wildman–Crippen LogP) is 1.18. The molecule has 0 amide bonds. The summed E-state index contributed by atoms with van der Waals surface area (Å²) >= 11 is 5.99. The lowest BCUT2D eigenvalue weighted by Crippen LogP contribution is -2.31. The number of halogens is 1. The Hall–Kier alpha value is -2.12. The van der Waals surface area contributed by atoms with Crippen molar-refractivity contribution in [2.45, 2.75) is 12.8 Å². The van der Waals surface area contributed by atoms with Crippen molar-refractivity contribution in [2.24, 2.45) is 17.5 Å². The number of carbonyl (C=O) groups is 1. The summed E-state index contributed by atoms with van der Waals surface area (Å²) in [5.74, 6) is 4.71. The fraction of sp³-hybridized carbons (Fsp3) is 0.308. The van der Waals surface area contributed by atoms with Gasteiger partial charge in [-0.25, -0.2) is 4.79 Å². The SMILES string of the molecule is NN/C(C(=O)O)=C(\N)Oc1cc(OCC2CC2)ccc1Cl. The third-order valence-corrected chi connectivity index (χ3v) is 3.22. The van der Waals surface area contributed by atoms with Crippen molar-refractivity contribution in [2.75, 3.05) is 6.61 Å². The van der Waals surface area contributed by atoms with Gasteiger partial charge in [-0.15, -0.1) is 0 Å². The number of nitrogens with two attached hydrogens (primary N) is 2. The molecule has 1 aliphatic rings. The van der Waals surface area contributed by atoms with Gasteiger partial charge in [0.1, 0.15) is 5.75 Å². The van der Waals surface area contributed by atoms with Crippen LogP contribution < -0.4 is 26.5 Å². The first-order valence-electron chi connectivity index (χ1n) is 6.31. The van der Waals surface area contributed by atoms with Gasteiger partial charge in [0.05, 0.1) is 11.6 Å². The number of hydrogen-bond acceptors (Lipinski definition) is 6. The Balaban J connectivity index is 2.13. The Labute approximate surface area is 126 Å². The summed E-state index contributed by atoms with van der Waals surface area (Å²) in [6.07, 6.45) is 2.35. The van der Waals surface area contributed by atoms with E-state index in [0.717, 1.165) is 0 Å². The van der Waals surface area contributed by atoms with Crippen LogP contribution in [0.1, 0.15) is 12.8 Å². The van der Waals surface area contributed by atoms with Gasteiger partial charge in [-0.2, -0.15) is 0 Å². The molecule has 0 aliphatic heterocycles. The maximum atomic E-state index is 10.9. The molecular formula is C13H16ClN3O4. The molecule has 0 heterocycles. The maximum Gasteiger partial charge on any atom is 0.358 e. The van der Waals surface area contributed by atoms with E-state index in [9.17, 15) is 4.79 Å². The van der Waals surface area contributed by atoms with Gasteiger partial charge in [-0.1, -0.05) is 11.6 Å². The van der Waals surface area contributed by atoms with Crippen LogP contribution in [0.2, 0.25) is 5.02 Å². The molecule has 0 saturated heterocycles. The molecule has 7 nitrogen and oxygen atoms in total. The largest absolute Gasteiger partial charge is 0.493 e. The van der Waals surface area contributed by atoms with Crippen LogP contribution in [-0.2, 0) is 4.79 Å². The van der Waals surface area contributed by atoms with Gasteiger partial charge in [0.15, 0.2) is 11.4 Å². The number of aliphatic carboxylic acids is 1. The van der Waals surface area contributed by atoms with Crippen LogP contribution in [0.25, 0.3) is 0 Å². The summed E-state index contributed by atoms with van der Waals surface area (Å²) in [4.78, 5) is 10.9. The predicted molar refractivity (Wildman–Crippen MR) is 76.5 cm³/mol. The van der Waals surface area contributed by atoms with Crippen molar-refractivity contribution >= 4 is 17.6 Å². The normalized spacial score (nSPS) is 15.1. The molecule has 8 heteroatoms. The summed E-state index contributed by atoms with van der Waals surface area (Å²) in [6.45, 7) is 0.636. The van der Waals surface area contributed by atoms with Crippen molar-refractivity contribution in [3.05, 3.63) is 34.8 Å². The Kier molecular flexibility index (Phi) is 4.77. The minimum atomic E-state index is -1.34. The van der Waals surface area contributed by atoms with E-state index in [-0.39, 0.29) is 10.8 Å². The molecule has 0 radical (unpaired) electrons. The van der Waals surface area contributed by atoms with E-state index in [1.165, 1.54) is 12.8 Å². The summed E-state index contributed by atoms with van der Waals surface area (Å²) in [5.41, 5.74) is 7.04. The summed E-state index contributed by atoms with van der Waals surface area (Å²) < 4.78 is 10.8. The summed E-state index contributed by atoms with van der Waals surface area (Å²) in [7, 11) is 0. The summed E-state index contributed by atoms with van der Waals surface area (Å²) in [6, 6.07) is 4.84. The van der Waals surface area contributed by atoms with Gasteiger partial charge in [-0.3, -0.25) is 5.84 Å². The quantitative estimate of drug-likeness (QED) is 0.258. The molecule has 1 saturated carbocycles. The molecular weight excluding hydrogens is 298 g/mol. The number of carboxylic acids is 1. The van der Waals surface area contributed by atoms with Crippen molar-refractivity contribution in [3.63, 3.8) is 0 Å². The maximum absolute atomic E-state index is 10.9. The first-order valence-corrected chi connectivity index (χ1v) is 6.69. The van der Waals surface area contributed by atoms with Crippen LogP contribution >= 0.6 is 11.6 Å². The number of hydrogen-bond donors (Lipinski definition) is 4. The lowest BCUT2D eigenvalue weighted by Gasteiger charge is -2.12. The smallest absolute Gasteiger partial charge is 0.358 e. The van der Waals surface area contributed by atoms with Crippen molar-refractivity contribution in [3.8, 4) is 11.5 Å². The molecule has 0 spiro atoms. The second-order valence-electron chi connectivity index (χ2n) is 4.64. The molecule has 1 aromatic rings. The fourth-order valence-electron chi connectivity index (χ4n) is 1.56. The Morgan fingerprint density at radius 3 is 2.76 bits per heavy atom. The average Bonchev–Trinajstić information content (AvgIpc) is 3.24. The van der Waals surface area contributed by atoms with Crippen LogP contribution in [0.4, 0.5) is 0 Å². The Bertz CT molecular complexity index is 573. The van der Waals surface area contributed by atoms with Gasteiger partial charge in [0.25, 0.3) is 0 Å². The molecule has 0 unspecified atom stereocenters. The van der Waals surface area contributed by atoms with E-state index in [2.05, 4.69) is 0 Å². The zero-order chi connectivity index (χ0) is 15.4. The topological polar surface area (TPSA) is 120 Å². The second kappa shape index (κ2) is 6.55. The summed E-state index contributed by atoms with van der Waals surface area (Å²) in [5, 5.41) is 9.16. The van der Waals surface area contributed by atoms with Gasteiger partial charge in [-0.05, 0) is 30.9 Å². The standard InChI is InChI=1S/C13H16ClN3O4/c14-9-4-3-8(20-6-7-1-2-7)5-10(9)21-12(15)11(17-16)13(18)19/h3-5,7,17H,1-2,6,15-16H2,(H,18,19)/b12-11+. The molecule has 2 rings (SSSR count). The molecule has 0 aromatic heterocycles. The average molecular weight is 314 g/mol. The monoisotopic (exact) mass is 313 g/mol. The van der Waals surface area contributed by atoms with Crippen LogP contribution in [0.5, 0.6) is 11.5 Å². The van der Waals surface area contributed by atoms with Crippen molar-refractivity contribution in [1.29, 1.82) is 0 Å². The number of ether oxygens (including phenoxy) is 2. The molecule has 0 bridgehead atoms. The molecule has 21 heavy (non-hydrogen) atoms. The van der Waals surface area contributed by atoms with E-state index in [1.807, 2.05) is 5.43 Å². The van der Waals surface area contributed by atoms with Gasteiger partial charge < -0.3 is 25.7 Å². The molecule has 114 valence electrons. The van der Waals surface area contributed by atoms with E-state index < -0.39 is 17.5 Å². The van der Waals surface area contributed by atoms with E-state index in [0.29, 0.717) is 18.3 Å². The first-order chi connectivity index (χ1) is 10.0. The number of hydrazine groups is 1. The van der Waals surface area contributed by atoms with E-state index in [1.54, 1.807) is 18.2 Å². The molecule has 1 aliphatic carbocycles. The molecule has 1 fully saturated rings. The number of benzene rings is 1. The van der Waals surface area contributed by atoms with Crippen LogP contribution in [0.15, 0.2) is 29.8 Å². The zero-order valence-corrected chi connectivity index (χ0v) is 11.9. The number of carboxylic acid groups (broad SMARTS) is 1. The zero-order valence-electron chi connectivity index (χ0n) is 11.1. The van der Waals surface area contributed by atoms with Gasteiger partial charge >= 0.3 is 5.97 Å². The molecule has 6 N–H and O–H groups in total. The van der Waals surface area contributed by atoms with Crippen molar-refractivity contribution < 1.29 is 19.4 Å². The van der Waals surface area contributed by atoms with Crippen LogP contribution in [-0.4, -0.2) is 17.7 Å². The Morgan fingerprint density at radius 1 is 1.48 bits per heavy atom. The highest BCUT2D eigenvalue weighted by molar-refractivity contribution is 6.32. The number of nitrogens with one attached hydrogen (secondary N) is 1. The lowest BCUT2D eigenvalue weighted by atomic mass is 10.3. The molecule has 1 aromatic carbocycles. The highest BCUT2D eigenvalue weighted by Crippen LogP contribution is 2.33. The highest BCUT2D eigenvalue weighted by Gasteiger charge is 2.22. The minimum absolute atomic E-state index is 0.191. The second-order valence-corrected chi connectivity index (χ2v) is 5.04. The third-order valence-electron chi connectivity index (χ3n) is 2.91. The number of rotatable bonds is 7. The van der Waals surface area contributed by atoms with Crippen LogP contribution in [0, 0.1) is 5.92 Å². The van der Waals surface area contributed by atoms with Crippen molar-refractivity contribution in [1.82, 2.24) is 5.43 Å². The highest BCUT2D eigenvalue weighted by atomic mass is 35.5. The minimum Gasteiger partial charge on any atom is -0.493 e. The van der Waals surface area contributed by atoms with Gasteiger partial charge in [0.2, 0.25) is 5.88 Å². The van der Waals surface area contributed by atoms with Gasteiger partial charge in [0, 0.05) is 6.07 Å². The van der Waals surface area contributed by atoms with Crippen LogP contribution in [0.3, 0.4) is 0 Å². The first kappa shape index (κ1) is 15.3. The fourth-order valence-corrected chi connectivity index (χ4v) is 1.71. The van der Waals surface area contributed by atoms with E-state index in [4.69, 9.17) is 37.8 Å². The Morgan fingerprint density at radius 2 is 2.19 bits per heavy atom. The molecule has 0 atom stereocenters.